The Kier molecular flexibility index (Phi) is 6.56. The number of Topliss-reactive ketones (excluding diaryl/α,β-unsaturated/α-hetero) is 5. The first-order valence-corrected chi connectivity index (χ1v) is 7.45. The summed E-state index contributed by atoms with van der Waals surface area (Å²) in [6.45, 7) is 3.47. The number of hydrogen-bond acceptors (Lipinski definition) is 7. The molecule has 0 aromatic rings. The van der Waals surface area contributed by atoms with Gasteiger partial charge in [-0.2, -0.15) is 0 Å². The molecule has 0 rings (SSSR count). The SMILES string of the molecule is CC(=O)C(C(C)=O)C(=O)C([O][Ti](=[O])[OH])(C(C)=O)C(C)=O. The van der Waals surface area contributed by atoms with Crippen LogP contribution in [0, 0.1) is 5.92 Å². The zero-order chi connectivity index (χ0) is 16.2. The van der Waals surface area contributed by atoms with E-state index in [-0.39, 0.29) is 0 Å². The fraction of sp³-hybridized carbons (Fsp3) is 0.545. The van der Waals surface area contributed by atoms with E-state index in [1.807, 2.05) is 0 Å². The van der Waals surface area contributed by atoms with Crippen molar-refractivity contribution in [2.24, 2.45) is 5.92 Å². The second-order valence-electron chi connectivity index (χ2n) is 4.18. The van der Waals surface area contributed by atoms with Crippen LogP contribution < -0.4 is 0 Å². The van der Waals surface area contributed by atoms with Crippen LogP contribution in [0.4, 0.5) is 0 Å². The zero-order valence-electron chi connectivity index (χ0n) is 11.4. The molecule has 0 amide bonds. The van der Waals surface area contributed by atoms with Gasteiger partial charge in [0.25, 0.3) is 0 Å². The van der Waals surface area contributed by atoms with Crippen molar-refractivity contribution in [1.82, 2.24) is 0 Å². The van der Waals surface area contributed by atoms with Crippen LogP contribution in [0.2, 0.25) is 0 Å². The van der Waals surface area contributed by atoms with Gasteiger partial charge < -0.3 is 0 Å². The van der Waals surface area contributed by atoms with Crippen LogP contribution in [0.25, 0.3) is 0 Å². The molecule has 0 aliphatic heterocycles. The predicted molar refractivity (Wildman–Crippen MR) is 57.9 cm³/mol. The van der Waals surface area contributed by atoms with E-state index in [0.29, 0.717) is 0 Å². The van der Waals surface area contributed by atoms with Crippen molar-refractivity contribution in [3.63, 3.8) is 0 Å². The quantitative estimate of drug-likeness (QED) is 0.448. The van der Waals surface area contributed by atoms with Crippen molar-refractivity contribution >= 4 is 28.9 Å². The summed E-state index contributed by atoms with van der Waals surface area (Å²) < 4.78 is 24.2. The molecule has 9 heteroatoms. The Bertz CT molecular complexity index is 479. The summed E-state index contributed by atoms with van der Waals surface area (Å²) in [5, 5.41) is 0. The summed E-state index contributed by atoms with van der Waals surface area (Å²) in [6, 6.07) is 0. The van der Waals surface area contributed by atoms with Gasteiger partial charge in [-0.1, -0.05) is 0 Å². The van der Waals surface area contributed by atoms with E-state index >= 15 is 0 Å². The van der Waals surface area contributed by atoms with Crippen LogP contribution in [-0.4, -0.2) is 38.2 Å². The Morgan fingerprint density at radius 2 is 1.30 bits per heavy atom. The molecule has 8 nitrogen and oxygen atoms in total. The molecule has 0 aromatic carbocycles. The van der Waals surface area contributed by atoms with Gasteiger partial charge in [0.05, 0.1) is 0 Å². The van der Waals surface area contributed by atoms with E-state index in [1.165, 1.54) is 0 Å². The van der Waals surface area contributed by atoms with Gasteiger partial charge in [-0.05, 0) is 0 Å². The summed E-state index contributed by atoms with van der Waals surface area (Å²) in [5.41, 5.74) is -2.88. The predicted octanol–water partition coefficient (Wildman–Crippen LogP) is -0.931. The Labute approximate surface area is 121 Å². The first-order chi connectivity index (χ1) is 8.98. The van der Waals surface area contributed by atoms with Crippen molar-refractivity contribution in [2.45, 2.75) is 33.3 Å². The third kappa shape index (κ3) is 3.66. The third-order valence-electron chi connectivity index (χ3n) is 2.65. The molecule has 1 N–H and O–H groups in total. The fourth-order valence-electron chi connectivity index (χ4n) is 1.78. The molecule has 0 saturated heterocycles. The van der Waals surface area contributed by atoms with Gasteiger partial charge in [0, 0.05) is 0 Å². The van der Waals surface area contributed by atoms with E-state index in [1.54, 1.807) is 0 Å². The van der Waals surface area contributed by atoms with Crippen LogP contribution in [-0.2, 0) is 49.2 Å². The molecule has 0 aliphatic rings. The maximum absolute atomic E-state index is 12.2. The van der Waals surface area contributed by atoms with Gasteiger partial charge in [-0.3, -0.25) is 0 Å². The number of ketones is 5. The summed E-state index contributed by atoms with van der Waals surface area (Å²) in [4.78, 5) is 58.2. The number of rotatable bonds is 8. The van der Waals surface area contributed by atoms with Gasteiger partial charge >= 0.3 is 121 Å². The molecule has 0 unspecified atom stereocenters. The molecule has 0 fully saturated rings. The van der Waals surface area contributed by atoms with Crippen LogP contribution in [0.1, 0.15) is 27.7 Å². The molecule has 0 saturated carbocycles. The average molecular weight is 322 g/mol. The molecular weight excluding hydrogens is 308 g/mol. The monoisotopic (exact) mass is 322 g/mol. The van der Waals surface area contributed by atoms with E-state index in [2.05, 4.69) is 3.32 Å². The Morgan fingerprint density at radius 3 is 1.50 bits per heavy atom. The second-order valence-corrected chi connectivity index (χ2v) is 5.33. The summed E-state index contributed by atoms with van der Waals surface area (Å²) >= 11 is -4.47. The van der Waals surface area contributed by atoms with Crippen molar-refractivity contribution in [1.29, 1.82) is 0 Å². The van der Waals surface area contributed by atoms with Crippen molar-refractivity contribution in [3.05, 3.63) is 0 Å². The van der Waals surface area contributed by atoms with E-state index in [9.17, 15) is 27.3 Å². The van der Waals surface area contributed by atoms with E-state index in [4.69, 9.17) is 3.69 Å². The van der Waals surface area contributed by atoms with E-state index in [0.717, 1.165) is 27.7 Å². The first-order valence-electron chi connectivity index (χ1n) is 5.47. The second kappa shape index (κ2) is 6.98. The van der Waals surface area contributed by atoms with Crippen molar-refractivity contribution in [3.8, 4) is 0 Å². The van der Waals surface area contributed by atoms with Crippen LogP contribution >= 0.6 is 0 Å². The normalized spacial score (nSPS) is 11.1. The molecular formula is C11H14O8Ti. The van der Waals surface area contributed by atoms with Crippen molar-refractivity contribution in [2.75, 3.05) is 0 Å². The van der Waals surface area contributed by atoms with Gasteiger partial charge in [0.15, 0.2) is 0 Å². The van der Waals surface area contributed by atoms with Gasteiger partial charge in [-0.15, -0.1) is 0 Å². The van der Waals surface area contributed by atoms with Gasteiger partial charge in [0.2, 0.25) is 0 Å². The topological polar surface area (TPSA) is 132 Å². The van der Waals surface area contributed by atoms with E-state index < -0.39 is 59.1 Å². The first kappa shape index (κ1) is 18.8. The standard InChI is InChI=1S/C11H13O6.H2O.O.Ti/c1-5(12)9(6(2)13)10(16)11(17,7(3)14)8(4)15;;;/h9H,1-4H3;1H2;;/q-1;;;+2/p-1. The number of carbonyl (C=O) groups excluding carboxylic acids is 5. The Balaban J connectivity index is 6.11. The molecule has 0 spiro atoms. The Hall–Kier alpha value is -1.22. The molecule has 110 valence electrons. The van der Waals surface area contributed by atoms with Gasteiger partial charge in [0.1, 0.15) is 0 Å². The molecule has 0 radical (unpaired) electrons. The fourth-order valence-corrected chi connectivity index (χ4v) is 2.79. The average Bonchev–Trinajstić information content (AvgIpc) is 2.22. The Morgan fingerprint density at radius 1 is 0.950 bits per heavy atom. The zero-order valence-corrected chi connectivity index (χ0v) is 12.9. The molecule has 0 atom stereocenters. The minimum atomic E-state index is -4.47. The third-order valence-corrected chi connectivity index (χ3v) is 3.41. The van der Waals surface area contributed by atoms with Crippen LogP contribution in [0.15, 0.2) is 0 Å². The molecule has 0 heterocycles. The molecule has 0 bridgehead atoms. The van der Waals surface area contributed by atoms with Crippen molar-refractivity contribution < 1.29 is 52.9 Å². The summed E-state index contributed by atoms with van der Waals surface area (Å²) in [5.74, 6) is -7.39. The van der Waals surface area contributed by atoms with Gasteiger partial charge in [-0.25, -0.2) is 0 Å². The number of carbonyl (C=O) groups is 5. The minimum absolute atomic E-state index is 0.803. The molecule has 20 heavy (non-hydrogen) atoms. The van der Waals surface area contributed by atoms with Crippen LogP contribution in [0.3, 0.4) is 0 Å². The van der Waals surface area contributed by atoms with Crippen LogP contribution in [0.5, 0.6) is 0 Å². The summed E-state index contributed by atoms with van der Waals surface area (Å²) in [7, 11) is 0. The summed E-state index contributed by atoms with van der Waals surface area (Å²) in [6.07, 6.45) is 0. The maximum atomic E-state index is 12.2. The molecule has 0 aliphatic carbocycles. The molecule has 0 aromatic heterocycles. The number of hydrogen-bond donors (Lipinski definition) is 1.